The number of rotatable bonds is 6. The lowest BCUT2D eigenvalue weighted by Gasteiger charge is -2.17. The van der Waals surface area contributed by atoms with Crippen LogP contribution < -0.4 is 0 Å². The highest BCUT2D eigenvalue weighted by molar-refractivity contribution is 7.08. The summed E-state index contributed by atoms with van der Waals surface area (Å²) >= 11 is 1.54. The first kappa shape index (κ1) is 20.2. The molecular weight excluding hydrogens is 324 g/mol. The van der Waals surface area contributed by atoms with Gasteiger partial charge in [0.05, 0.1) is 5.70 Å². The predicted octanol–water partition coefficient (Wildman–Crippen LogP) is 7.06. The highest BCUT2D eigenvalue weighted by Crippen LogP contribution is 2.30. The van der Waals surface area contributed by atoms with Gasteiger partial charge in [-0.15, -0.1) is 0 Å². The lowest BCUT2D eigenvalue weighted by Crippen LogP contribution is -2.20. The molecule has 24 heavy (non-hydrogen) atoms. The van der Waals surface area contributed by atoms with Crippen LogP contribution in [0.15, 0.2) is 63.0 Å². The standard InChI is InChI=1S/C20H25F2NS/c1-8-16(17-9-10-24-12-17)11-18(20(7,21)22)15(6)23-19(13(2)3)14(4)5/h8-12H,2H2,1,3-7H3/b16-8+,18-11+,23-15?. The number of nitrogens with zero attached hydrogens (tertiary/aromatic N) is 1. The molecule has 0 spiro atoms. The molecule has 0 aromatic carbocycles. The van der Waals surface area contributed by atoms with Crippen LogP contribution >= 0.6 is 11.3 Å². The minimum atomic E-state index is -2.99. The Balaban J connectivity index is 3.46. The quantitative estimate of drug-likeness (QED) is 0.385. The lowest BCUT2D eigenvalue weighted by molar-refractivity contribution is 0.0701. The topological polar surface area (TPSA) is 12.4 Å². The summed E-state index contributed by atoms with van der Waals surface area (Å²) in [7, 11) is 0. The van der Waals surface area contributed by atoms with Crippen molar-refractivity contribution in [3.05, 3.63) is 63.5 Å². The molecule has 0 atom stereocenters. The molecule has 0 amide bonds. The van der Waals surface area contributed by atoms with Gasteiger partial charge in [-0.2, -0.15) is 11.3 Å². The molecule has 0 saturated heterocycles. The van der Waals surface area contributed by atoms with E-state index in [9.17, 15) is 8.78 Å². The fourth-order valence-electron chi connectivity index (χ4n) is 2.33. The van der Waals surface area contributed by atoms with Gasteiger partial charge >= 0.3 is 0 Å². The van der Waals surface area contributed by atoms with Crippen LogP contribution in [0.3, 0.4) is 0 Å². The Morgan fingerprint density at radius 2 is 1.88 bits per heavy atom. The Hall–Kier alpha value is -1.81. The first-order valence-corrected chi connectivity index (χ1v) is 8.70. The van der Waals surface area contributed by atoms with Crippen LogP contribution in [-0.2, 0) is 0 Å². The second-order valence-electron chi connectivity index (χ2n) is 6.03. The number of allylic oxidation sites excluding steroid dienone is 6. The van der Waals surface area contributed by atoms with E-state index in [4.69, 9.17) is 0 Å². The molecule has 1 rings (SSSR count). The van der Waals surface area contributed by atoms with Gasteiger partial charge in [-0.3, -0.25) is 4.99 Å². The SMILES string of the molecule is C=C(C)C(N=C(C)/C(=C\C(=C/C)c1ccsc1)C(C)(F)F)=C(C)C. The van der Waals surface area contributed by atoms with E-state index < -0.39 is 5.92 Å². The Morgan fingerprint density at radius 3 is 2.25 bits per heavy atom. The maximum atomic E-state index is 14.2. The third-order valence-electron chi connectivity index (χ3n) is 3.49. The van der Waals surface area contributed by atoms with Crippen LogP contribution in [0, 0.1) is 0 Å². The van der Waals surface area contributed by atoms with Crippen molar-refractivity contribution in [2.45, 2.75) is 47.5 Å². The minimum absolute atomic E-state index is 0.0817. The summed E-state index contributed by atoms with van der Waals surface area (Å²) in [5.74, 6) is -2.99. The van der Waals surface area contributed by atoms with Gasteiger partial charge in [0.25, 0.3) is 5.92 Å². The van der Waals surface area contributed by atoms with Gasteiger partial charge in [-0.25, -0.2) is 8.78 Å². The van der Waals surface area contributed by atoms with Gasteiger partial charge in [-0.1, -0.05) is 18.2 Å². The minimum Gasteiger partial charge on any atom is -0.253 e. The van der Waals surface area contributed by atoms with Crippen molar-refractivity contribution in [1.29, 1.82) is 0 Å². The molecule has 1 nitrogen and oxygen atoms in total. The third-order valence-corrected chi connectivity index (χ3v) is 4.17. The van der Waals surface area contributed by atoms with E-state index >= 15 is 0 Å². The van der Waals surface area contributed by atoms with Crippen molar-refractivity contribution >= 4 is 22.6 Å². The van der Waals surface area contributed by atoms with Gasteiger partial charge in [0.2, 0.25) is 0 Å². The molecule has 1 heterocycles. The zero-order chi connectivity index (χ0) is 18.5. The van der Waals surface area contributed by atoms with E-state index in [1.165, 1.54) is 17.4 Å². The van der Waals surface area contributed by atoms with Crippen molar-refractivity contribution in [2.24, 2.45) is 4.99 Å². The number of halogens is 2. The number of hydrogen-bond acceptors (Lipinski definition) is 2. The average molecular weight is 349 g/mol. The summed E-state index contributed by atoms with van der Waals surface area (Å²) in [6, 6.07) is 1.92. The molecule has 1 aromatic heterocycles. The molecule has 0 aliphatic heterocycles. The van der Waals surface area contributed by atoms with E-state index in [0.29, 0.717) is 11.4 Å². The van der Waals surface area contributed by atoms with E-state index in [1.54, 1.807) is 6.92 Å². The van der Waals surface area contributed by atoms with Crippen LogP contribution in [0.1, 0.15) is 47.1 Å². The van der Waals surface area contributed by atoms with Crippen molar-refractivity contribution < 1.29 is 8.78 Å². The fraction of sp³-hybridized carbons (Fsp3) is 0.350. The smallest absolute Gasteiger partial charge is 0.253 e. The number of aliphatic imine (C=N–C) groups is 1. The summed E-state index contributed by atoms with van der Waals surface area (Å²) in [6.45, 7) is 13.9. The Labute approximate surface area is 147 Å². The van der Waals surface area contributed by atoms with Gasteiger partial charge in [0, 0.05) is 18.2 Å². The summed E-state index contributed by atoms with van der Waals surface area (Å²) in [6.07, 6.45) is 3.36. The molecule has 130 valence electrons. The van der Waals surface area contributed by atoms with Crippen LogP contribution in [0.4, 0.5) is 8.78 Å². The fourth-order valence-corrected chi connectivity index (χ4v) is 2.99. The maximum absolute atomic E-state index is 14.2. The van der Waals surface area contributed by atoms with Crippen molar-refractivity contribution in [3.63, 3.8) is 0 Å². The van der Waals surface area contributed by atoms with Crippen LogP contribution in [0.5, 0.6) is 0 Å². The summed E-state index contributed by atoms with van der Waals surface area (Å²) in [4.78, 5) is 4.43. The van der Waals surface area contributed by atoms with E-state index in [1.807, 2.05) is 50.6 Å². The molecule has 0 unspecified atom stereocenters. The zero-order valence-corrected chi connectivity index (χ0v) is 16.0. The molecule has 0 radical (unpaired) electrons. The Kier molecular flexibility index (Phi) is 7.03. The van der Waals surface area contributed by atoms with Crippen molar-refractivity contribution in [3.8, 4) is 0 Å². The molecular formula is C20H25F2NS. The van der Waals surface area contributed by atoms with Crippen molar-refractivity contribution in [1.82, 2.24) is 0 Å². The number of thiophene rings is 1. The van der Waals surface area contributed by atoms with E-state index in [-0.39, 0.29) is 5.57 Å². The first-order chi connectivity index (χ1) is 11.1. The van der Waals surface area contributed by atoms with Gasteiger partial charge < -0.3 is 0 Å². The molecule has 1 aromatic rings. The monoisotopic (exact) mass is 349 g/mol. The maximum Gasteiger partial charge on any atom is 0.272 e. The number of alkyl halides is 2. The van der Waals surface area contributed by atoms with Crippen LogP contribution in [-0.4, -0.2) is 11.6 Å². The molecule has 4 heteroatoms. The average Bonchev–Trinajstić information content (AvgIpc) is 2.97. The first-order valence-electron chi connectivity index (χ1n) is 7.75. The second-order valence-corrected chi connectivity index (χ2v) is 6.81. The van der Waals surface area contributed by atoms with Crippen LogP contribution in [0.2, 0.25) is 0 Å². The van der Waals surface area contributed by atoms with Gasteiger partial charge in [-0.05, 0) is 74.2 Å². The van der Waals surface area contributed by atoms with E-state index in [0.717, 1.165) is 29.2 Å². The highest BCUT2D eigenvalue weighted by Gasteiger charge is 2.30. The predicted molar refractivity (Wildman–Crippen MR) is 103 cm³/mol. The second kappa shape index (κ2) is 8.34. The largest absolute Gasteiger partial charge is 0.272 e. The summed E-state index contributed by atoms with van der Waals surface area (Å²) in [5.41, 5.74) is 4.29. The van der Waals surface area contributed by atoms with Crippen molar-refractivity contribution in [2.75, 3.05) is 0 Å². The van der Waals surface area contributed by atoms with Crippen LogP contribution in [0.25, 0.3) is 5.57 Å². The number of hydrogen-bond donors (Lipinski definition) is 0. The zero-order valence-electron chi connectivity index (χ0n) is 15.2. The summed E-state index contributed by atoms with van der Waals surface area (Å²) in [5, 5.41) is 3.87. The molecule has 0 bridgehead atoms. The molecule has 0 saturated carbocycles. The Bertz CT molecular complexity index is 707. The van der Waals surface area contributed by atoms with E-state index in [2.05, 4.69) is 11.6 Å². The summed E-state index contributed by atoms with van der Waals surface area (Å²) < 4.78 is 28.4. The molecule has 0 aliphatic rings. The normalized spacial score (nSPS) is 13.9. The third kappa shape index (κ3) is 5.38. The lowest BCUT2D eigenvalue weighted by atomic mass is 9.99. The molecule has 0 aliphatic carbocycles. The molecule has 0 fully saturated rings. The van der Waals surface area contributed by atoms with Gasteiger partial charge in [0.1, 0.15) is 0 Å². The molecule has 0 N–H and O–H groups in total. The Morgan fingerprint density at radius 1 is 1.25 bits per heavy atom. The van der Waals surface area contributed by atoms with Gasteiger partial charge in [0.15, 0.2) is 0 Å². The highest BCUT2D eigenvalue weighted by atomic mass is 32.1.